The van der Waals surface area contributed by atoms with E-state index >= 15 is 0 Å². The number of benzene rings is 1. The Labute approximate surface area is 131 Å². The average molecular weight is 304 g/mol. The first kappa shape index (κ1) is 16.5. The molecule has 1 amide bonds. The lowest BCUT2D eigenvalue weighted by Crippen LogP contribution is -2.42. The van der Waals surface area contributed by atoms with Gasteiger partial charge < -0.3 is 14.9 Å². The average Bonchev–Trinajstić information content (AvgIpc) is 2.67. The number of amides is 1. The fraction of sp³-hybridized carbons (Fsp3) is 0.529. The molecule has 1 N–H and O–H groups in total. The van der Waals surface area contributed by atoms with Crippen molar-refractivity contribution >= 4 is 11.9 Å². The largest absolute Gasteiger partial charge is 0.481 e. The van der Waals surface area contributed by atoms with E-state index in [2.05, 4.69) is 11.8 Å². The van der Waals surface area contributed by atoms with Crippen LogP contribution in [0, 0.1) is 0 Å². The number of hydrogen-bond acceptors (Lipinski definition) is 3. The molecule has 5 heteroatoms. The van der Waals surface area contributed by atoms with Crippen molar-refractivity contribution in [1.82, 2.24) is 9.80 Å². The zero-order chi connectivity index (χ0) is 15.9. The molecule has 0 spiro atoms. The summed E-state index contributed by atoms with van der Waals surface area (Å²) in [4.78, 5) is 27.3. The van der Waals surface area contributed by atoms with Gasteiger partial charge in [-0.3, -0.25) is 9.59 Å². The summed E-state index contributed by atoms with van der Waals surface area (Å²) in [6, 6.07) is 10.2. The normalized spacial score (nSPS) is 20.0. The van der Waals surface area contributed by atoms with Crippen LogP contribution in [0.15, 0.2) is 30.3 Å². The smallest absolute Gasteiger partial charge is 0.304 e. The maximum atomic E-state index is 12.5. The molecule has 1 heterocycles. The van der Waals surface area contributed by atoms with E-state index in [9.17, 15) is 9.59 Å². The fourth-order valence-electron chi connectivity index (χ4n) is 2.89. The van der Waals surface area contributed by atoms with E-state index in [1.54, 1.807) is 0 Å². The summed E-state index contributed by atoms with van der Waals surface area (Å²) >= 11 is 0. The molecule has 2 rings (SSSR count). The molecular weight excluding hydrogens is 280 g/mol. The van der Waals surface area contributed by atoms with Crippen molar-refractivity contribution in [2.24, 2.45) is 0 Å². The third kappa shape index (κ3) is 4.56. The zero-order valence-corrected chi connectivity index (χ0v) is 13.1. The van der Waals surface area contributed by atoms with Crippen molar-refractivity contribution in [3.05, 3.63) is 35.9 Å². The number of hydrogen-bond donors (Lipinski definition) is 1. The molecule has 120 valence electrons. The number of aliphatic carboxylic acids is 1. The highest BCUT2D eigenvalue weighted by atomic mass is 16.4. The predicted octanol–water partition coefficient (Wildman–Crippen LogP) is 1.97. The van der Waals surface area contributed by atoms with Crippen molar-refractivity contribution in [2.45, 2.75) is 38.8 Å². The summed E-state index contributed by atoms with van der Waals surface area (Å²) in [6.07, 6.45) is 1.47. The standard InChI is InChI=1S/C17H24N2O3/c1-2-15-13-18(11-9-17(21)22)10-8-16(20)19(15)12-14-6-4-3-5-7-14/h3-7,15H,2,8-13H2,1H3,(H,21,22)/t15-/m1/s1. The van der Waals surface area contributed by atoms with Gasteiger partial charge in [-0.25, -0.2) is 0 Å². The van der Waals surface area contributed by atoms with Crippen molar-refractivity contribution in [1.29, 1.82) is 0 Å². The Hall–Kier alpha value is -1.88. The second-order valence-corrected chi connectivity index (χ2v) is 5.76. The number of carbonyl (C=O) groups is 2. The van der Waals surface area contributed by atoms with Gasteiger partial charge in [0.15, 0.2) is 0 Å². The summed E-state index contributed by atoms with van der Waals surface area (Å²) < 4.78 is 0. The van der Waals surface area contributed by atoms with Crippen LogP contribution in [0.4, 0.5) is 0 Å². The van der Waals surface area contributed by atoms with E-state index in [0.717, 1.165) is 18.5 Å². The number of carbonyl (C=O) groups excluding carboxylic acids is 1. The second kappa shape index (κ2) is 7.94. The molecule has 0 saturated carbocycles. The Balaban J connectivity index is 2.05. The van der Waals surface area contributed by atoms with Crippen LogP contribution < -0.4 is 0 Å². The Morgan fingerprint density at radius 1 is 1.32 bits per heavy atom. The Bertz CT molecular complexity index is 504. The summed E-state index contributed by atoms with van der Waals surface area (Å²) in [6.45, 7) is 4.62. The SMILES string of the molecule is CC[C@@H]1CN(CCC(=O)O)CCC(=O)N1Cc1ccccc1. The van der Waals surface area contributed by atoms with Crippen molar-refractivity contribution in [2.75, 3.05) is 19.6 Å². The molecule has 0 unspecified atom stereocenters. The number of rotatable bonds is 6. The van der Waals surface area contributed by atoms with Gasteiger partial charge in [0.2, 0.25) is 5.91 Å². The minimum Gasteiger partial charge on any atom is -0.481 e. The van der Waals surface area contributed by atoms with Gasteiger partial charge in [0.05, 0.1) is 6.42 Å². The Morgan fingerprint density at radius 3 is 2.68 bits per heavy atom. The molecule has 1 atom stereocenters. The highest BCUT2D eigenvalue weighted by Crippen LogP contribution is 2.17. The molecule has 1 saturated heterocycles. The van der Waals surface area contributed by atoms with Gasteiger partial charge in [-0.2, -0.15) is 0 Å². The lowest BCUT2D eigenvalue weighted by Gasteiger charge is -2.31. The number of carboxylic acids is 1. The van der Waals surface area contributed by atoms with E-state index in [1.807, 2.05) is 35.2 Å². The topological polar surface area (TPSA) is 60.9 Å². The summed E-state index contributed by atoms with van der Waals surface area (Å²) in [5, 5.41) is 8.83. The molecule has 0 bridgehead atoms. The lowest BCUT2D eigenvalue weighted by atomic mass is 10.1. The van der Waals surface area contributed by atoms with E-state index in [-0.39, 0.29) is 18.4 Å². The van der Waals surface area contributed by atoms with Crippen molar-refractivity contribution < 1.29 is 14.7 Å². The summed E-state index contributed by atoms with van der Waals surface area (Å²) in [5.41, 5.74) is 1.13. The first-order valence-corrected chi connectivity index (χ1v) is 7.87. The molecule has 0 aromatic heterocycles. The molecule has 5 nitrogen and oxygen atoms in total. The van der Waals surface area contributed by atoms with Gasteiger partial charge in [0, 0.05) is 38.6 Å². The van der Waals surface area contributed by atoms with E-state index < -0.39 is 5.97 Å². The van der Waals surface area contributed by atoms with Crippen LogP contribution >= 0.6 is 0 Å². The van der Waals surface area contributed by atoms with Gasteiger partial charge in [-0.05, 0) is 12.0 Å². The van der Waals surface area contributed by atoms with Crippen LogP contribution in [0.25, 0.3) is 0 Å². The highest BCUT2D eigenvalue weighted by Gasteiger charge is 2.28. The van der Waals surface area contributed by atoms with Crippen LogP contribution in [0.2, 0.25) is 0 Å². The maximum absolute atomic E-state index is 12.5. The molecular formula is C17H24N2O3. The van der Waals surface area contributed by atoms with Crippen LogP contribution in [0.3, 0.4) is 0 Å². The van der Waals surface area contributed by atoms with Crippen molar-refractivity contribution in [3.63, 3.8) is 0 Å². The number of nitrogens with zero attached hydrogens (tertiary/aromatic N) is 2. The van der Waals surface area contributed by atoms with Gasteiger partial charge in [-0.15, -0.1) is 0 Å². The van der Waals surface area contributed by atoms with E-state index in [4.69, 9.17) is 5.11 Å². The molecule has 1 aliphatic heterocycles. The van der Waals surface area contributed by atoms with Crippen LogP contribution in [0.1, 0.15) is 31.7 Å². The van der Waals surface area contributed by atoms with Crippen LogP contribution in [-0.2, 0) is 16.1 Å². The van der Waals surface area contributed by atoms with Crippen LogP contribution in [-0.4, -0.2) is 52.5 Å². The Kier molecular flexibility index (Phi) is 5.95. The quantitative estimate of drug-likeness (QED) is 0.873. The molecule has 0 radical (unpaired) electrons. The molecule has 1 aromatic rings. The first-order chi connectivity index (χ1) is 10.6. The number of carboxylic acid groups (broad SMARTS) is 1. The predicted molar refractivity (Wildman–Crippen MR) is 84.4 cm³/mol. The Morgan fingerprint density at radius 2 is 2.05 bits per heavy atom. The van der Waals surface area contributed by atoms with E-state index in [0.29, 0.717) is 26.1 Å². The second-order valence-electron chi connectivity index (χ2n) is 5.76. The third-order valence-electron chi connectivity index (χ3n) is 4.18. The maximum Gasteiger partial charge on any atom is 0.304 e. The molecule has 1 aromatic carbocycles. The van der Waals surface area contributed by atoms with Gasteiger partial charge in [-0.1, -0.05) is 37.3 Å². The fourth-order valence-corrected chi connectivity index (χ4v) is 2.89. The van der Waals surface area contributed by atoms with Gasteiger partial charge in [0.1, 0.15) is 0 Å². The molecule has 0 aliphatic carbocycles. The van der Waals surface area contributed by atoms with E-state index in [1.165, 1.54) is 0 Å². The molecule has 1 aliphatic rings. The van der Waals surface area contributed by atoms with Gasteiger partial charge in [0.25, 0.3) is 0 Å². The molecule has 22 heavy (non-hydrogen) atoms. The first-order valence-electron chi connectivity index (χ1n) is 7.87. The summed E-state index contributed by atoms with van der Waals surface area (Å²) in [7, 11) is 0. The zero-order valence-electron chi connectivity index (χ0n) is 13.1. The summed E-state index contributed by atoms with van der Waals surface area (Å²) in [5.74, 6) is -0.627. The van der Waals surface area contributed by atoms with Crippen LogP contribution in [0.5, 0.6) is 0 Å². The highest BCUT2D eigenvalue weighted by molar-refractivity contribution is 5.77. The lowest BCUT2D eigenvalue weighted by molar-refractivity contribution is -0.137. The minimum atomic E-state index is -0.787. The monoisotopic (exact) mass is 304 g/mol. The molecule has 1 fully saturated rings. The minimum absolute atomic E-state index is 0.128. The van der Waals surface area contributed by atoms with Gasteiger partial charge >= 0.3 is 5.97 Å². The third-order valence-corrected chi connectivity index (χ3v) is 4.18. The van der Waals surface area contributed by atoms with Crippen molar-refractivity contribution in [3.8, 4) is 0 Å².